The lowest BCUT2D eigenvalue weighted by molar-refractivity contribution is 0.0860. The first-order chi connectivity index (χ1) is 13.7. The van der Waals surface area contributed by atoms with Crippen molar-refractivity contribution >= 4 is 17.7 Å². The molecule has 7 nitrogen and oxygen atoms in total. The molecule has 2 aromatic rings. The standard InChI is InChI=1S/C21H26N4O3/c1-2-28-21(27)25-10-8-18(9-11-25)24-20(26)17-12-19(15-22-14-17)23-13-16-6-4-3-5-7-16/h3-7,12,14-15,18,23H,2,8-11,13H2,1H3,(H,24,26). The number of amides is 2. The zero-order valence-corrected chi connectivity index (χ0v) is 16.1. The minimum absolute atomic E-state index is 0.0408. The Labute approximate surface area is 165 Å². The Morgan fingerprint density at radius 3 is 2.64 bits per heavy atom. The molecule has 0 saturated carbocycles. The molecule has 28 heavy (non-hydrogen) atoms. The highest BCUT2D eigenvalue weighted by atomic mass is 16.6. The van der Waals surface area contributed by atoms with Crippen LogP contribution in [-0.2, 0) is 11.3 Å². The van der Waals surface area contributed by atoms with Gasteiger partial charge in [-0.15, -0.1) is 0 Å². The van der Waals surface area contributed by atoms with E-state index in [0.717, 1.165) is 11.3 Å². The van der Waals surface area contributed by atoms with Crippen LogP contribution in [0.4, 0.5) is 10.5 Å². The van der Waals surface area contributed by atoms with Crippen LogP contribution in [0.25, 0.3) is 0 Å². The van der Waals surface area contributed by atoms with Crippen LogP contribution in [0.3, 0.4) is 0 Å². The summed E-state index contributed by atoms with van der Waals surface area (Å²) < 4.78 is 5.02. The second-order valence-electron chi connectivity index (χ2n) is 6.74. The van der Waals surface area contributed by atoms with Gasteiger partial charge in [-0.25, -0.2) is 4.79 Å². The first kappa shape index (κ1) is 19.7. The lowest BCUT2D eigenvalue weighted by Gasteiger charge is -2.31. The Morgan fingerprint density at radius 1 is 1.18 bits per heavy atom. The lowest BCUT2D eigenvalue weighted by Crippen LogP contribution is -2.46. The second-order valence-corrected chi connectivity index (χ2v) is 6.74. The molecule has 0 atom stereocenters. The zero-order chi connectivity index (χ0) is 19.8. The molecule has 1 aliphatic rings. The zero-order valence-electron chi connectivity index (χ0n) is 16.1. The fraction of sp³-hybridized carbons (Fsp3) is 0.381. The first-order valence-electron chi connectivity index (χ1n) is 9.61. The number of anilines is 1. The van der Waals surface area contributed by atoms with Gasteiger partial charge >= 0.3 is 6.09 Å². The van der Waals surface area contributed by atoms with E-state index in [1.807, 2.05) is 30.3 Å². The van der Waals surface area contributed by atoms with Crippen molar-refractivity contribution in [3.63, 3.8) is 0 Å². The summed E-state index contributed by atoms with van der Waals surface area (Å²) in [5.74, 6) is -0.148. The predicted molar refractivity (Wildman–Crippen MR) is 107 cm³/mol. The number of benzene rings is 1. The number of aromatic nitrogens is 1. The summed E-state index contributed by atoms with van der Waals surface area (Å²) in [7, 11) is 0. The topological polar surface area (TPSA) is 83.6 Å². The molecular formula is C21H26N4O3. The average Bonchev–Trinajstić information content (AvgIpc) is 2.74. The van der Waals surface area contributed by atoms with Gasteiger partial charge in [0, 0.05) is 38.1 Å². The molecule has 2 amide bonds. The van der Waals surface area contributed by atoms with Crippen LogP contribution in [0.1, 0.15) is 35.7 Å². The molecular weight excluding hydrogens is 356 g/mol. The summed E-state index contributed by atoms with van der Waals surface area (Å²) in [6.07, 6.45) is 4.41. The van der Waals surface area contributed by atoms with Crippen molar-refractivity contribution in [3.8, 4) is 0 Å². The van der Waals surface area contributed by atoms with Crippen LogP contribution in [-0.4, -0.2) is 47.6 Å². The minimum Gasteiger partial charge on any atom is -0.450 e. The second kappa shape index (κ2) is 9.73. The van der Waals surface area contributed by atoms with Gasteiger partial charge in [0.15, 0.2) is 0 Å². The number of ether oxygens (including phenoxy) is 1. The van der Waals surface area contributed by atoms with Gasteiger partial charge in [0.25, 0.3) is 5.91 Å². The van der Waals surface area contributed by atoms with Crippen molar-refractivity contribution in [2.24, 2.45) is 0 Å². The fourth-order valence-corrected chi connectivity index (χ4v) is 3.15. The Hall–Kier alpha value is -3.09. The molecule has 0 spiro atoms. The number of hydrogen-bond donors (Lipinski definition) is 2. The van der Waals surface area contributed by atoms with E-state index in [2.05, 4.69) is 15.6 Å². The fourth-order valence-electron chi connectivity index (χ4n) is 3.15. The van der Waals surface area contributed by atoms with Gasteiger partial charge in [-0.1, -0.05) is 30.3 Å². The molecule has 7 heteroatoms. The SMILES string of the molecule is CCOC(=O)N1CCC(NC(=O)c2cncc(NCc3ccccc3)c2)CC1. The van der Waals surface area contributed by atoms with E-state index in [9.17, 15) is 9.59 Å². The molecule has 3 rings (SSSR count). The number of hydrogen-bond acceptors (Lipinski definition) is 5. The van der Waals surface area contributed by atoms with Crippen molar-refractivity contribution in [1.29, 1.82) is 0 Å². The average molecular weight is 382 g/mol. The largest absolute Gasteiger partial charge is 0.450 e. The summed E-state index contributed by atoms with van der Waals surface area (Å²) in [6.45, 7) is 4.00. The Balaban J connectivity index is 1.50. The van der Waals surface area contributed by atoms with Crippen LogP contribution >= 0.6 is 0 Å². The normalized spacial score (nSPS) is 14.4. The monoisotopic (exact) mass is 382 g/mol. The molecule has 1 saturated heterocycles. The summed E-state index contributed by atoms with van der Waals surface area (Å²) in [4.78, 5) is 30.2. The van der Waals surface area contributed by atoms with Crippen LogP contribution in [0.5, 0.6) is 0 Å². The summed E-state index contributed by atoms with van der Waals surface area (Å²) >= 11 is 0. The highest BCUT2D eigenvalue weighted by molar-refractivity contribution is 5.94. The van der Waals surface area contributed by atoms with Crippen LogP contribution in [0.2, 0.25) is 0 Å². The molecule has 1 aromatic carbocycles. The number of nitrogens with one attached hydrogen (secondary N) is 2. The molecule has 1 aromatic heterocycles. The minimum atomic E-state index is -0.284. The van der Waals surface area contributed by atoms with Gasteiger partial charge in [-0.2, -0.15) is 0 Å². The predicted octanol–water partition coefficient (Wildman–Crippen LogP) is 3.04. The molecule has 148 valence electrons. The van der Waals surface area contributed by atoms with E-state index >= 15 is 0 Å². The molecule has 1 fully saturated rings. The third-order valence-corrected chi connectivity index (χ3v) is 4.70. The van der Waals surface area contributed by atoms with Crippen LogP contribution in [0.15, 0.2) is 48.8 Å². The Bertz CT molecular complexity index is 789. The van der Waals surface area contributed by atoms with Gasteiger partial charge in [0.1, 0.15) is 0 Å². The maximum Gasteiger partial charge on any atom is 0.409 e. The van der Waals surface area contributed by atoms with E-state index in [0.29, 0.717) is 44.6 Å². The highest BCUT2D eigenvalue weighted by Gasteiger charge is 2.24. The summed E-state index contributed by atoms with van der Waals surface area (Å²) in [6, 6.07) is 11.9. The van der Waals surface area contributed by atoms with E-state index in [1.54, 1.807) is 30.3 Å². The number of nitrogens with zero attached hydrogens (tertiary/aromatic N) is 2. The molecule has 1 aliphatic heterocycles. The Kier molecular flexibility index (Phi) is 6.84. The van der Waals surface area contributed by atoms with E-state index < -0.39 is 0 Å². The molecule has 2 heterocycles. The van der Waals surface area contributed by atoms with Gasteiger partial charge in [-0.3, -0.25) is 9.78 Å². The van der Waals surface area contributed by atoms with Crippen LogP contribution in [0, 0.1) is 0 Å². The number of rotatable bonds is 6. The van der Waals surface area contributed by atoms with Crippen LogP contribution < -0.4 is 10.6 Å². The third-order valence-electron chi connectivity index (χ3n) is 4.70. The number of carbonyl (C=O) groups is 2. The van der Waals surface area contributed by atoms with Crippen molar-refractivity contribution < 1.29 is 14.3 Å². The van der Waals surface area contributed by atoms with Crippen molar-refractivity contribution in [1.82, 2.24) is 15.2 Å². The Morgan fingerprint density at radius 2 is 1.93 bits per heavy atom. The van der Waals surface area contributed by atoms with Gasteiger partial charge in [0.05, 0.1) is 17.9 Å². The maximum atomic E-state index is 12.6. The molecule has 0 aliphatic carbocycles. The molecule has 0 bridgehead atoms. The van der Waals surface area contributed by atoms with Crippen molar-refractivity contribution in [3.05, 3.63) is 59.9 Å². The van der Waals surface area contributed by atoms with E-state index in [1.165, 1.54) is 0 Å². The third kappa shape index (κ3) is 5.45. The smallest absolute Gasteiger partial charge is 0.409 e. The molecule has 2 N–H and O–H groups in total. The quantitative estimate of drug-likeness (QED) is 0.802. The van der Waals surface area contributed by atoms with E-state index in [-0.39, 0.29) is 18.0 Å². The molecule has 0 radical (unpaired) electrons. The number of pyridine rings is 1. The van der Waals surface area contributed by atoms with E-state index in [4.69, 9.17) is 4.74 Å². The lowest BCUT2D eigenvalue weighted by atomic mass is 10.0. The van der Waals surface area contributed by atoms with Gasteiger partial charge in [-0.05, 0) is 31.4 Å². The maximum absolute atomic E-state index is 12.6. The molecule has 0 unspecified atom stereocenters. The number of likely N-dealkylation sites (tertiary alicyclic amines) is 1. The van der Waals surface area contributed by atoms with Crippen molar-refractivity contribution in [2.45, 2.75) is 32.4 Å². The van der Waals surface area contributed by atoms with Gasteiger partial charge < -0.3 is 20.3 Å². The van der Waals surface area contributed by atoms with Gasteiger partial charge in [0.2, 0.25) is 0 Å². The van der Waals surface area contributed by atoms with Crippen molar-refractivity contribution in [2.75, 3.05) is 25.0 Å². The summed E-state index contributed by atoms with van der Waals surface area (Å²) in [5, 5.41) is 6.33. The first-order valence-corrected chi connectivity index (χ1v) is 9.61. The number of carbonyl (C=O) groups excluding carboxylic acids is 2. The number of piperidine rings is 1. The highest BCUT2D eigenvalue weighted by Crippen LogP contribution is 2.14. The summed E-state index contributed by atoms with van der Waals surface area (Å²) in [5.41, 5.74) is 2.48.